The van der Waals surface area contributed by atoms with Gasteiger partial charge in [-0.25, -0.2) is 9.07 Å². The Kier molecular flexibility index (Phi) is 3.82. The summed E-state index contributed by atoms with van der Waals surface area (Å²) in [6.45, 7) is 3.68. The van der Waals surface area contributed by atoms with Crippen LogP contribution in [0.2, 0.25) is 0 Å². The van der Waals surface area contributed by atoms with Crippen molar-refractivity contribution in [1.29, 1.82) is 0 Å². The normalized spacial score (nSPS) is 11.0. The van der Waals surface area contributed by atoms with Crippen LogP contribution in [0.4, 0.5) is 14.5 Å². The van der Waals surface area contributed by atoms with Gasteiger partial charge in [-0.1, -0.05) is 0 Å². The zero-order valence-corrected chi connectivity index (χ0v) is 11.2. The number of hydrogen-bond donors (Lipinski definition) is 1. The summed E-state index contributed by atoms with van der Waals surface area (Å²) in [5.41, 5.74) is 2.72. The maximum Gasteiger partial charge on any atom is 0.216 e. The number of rotatable bonds is 5. The van der Waals surface area contributed by atoms with Crippen LogP contribution in [0.25, 0.3) is 0 Å². The van der Waals surface area contributed by atoms with Crippen molar-refractivity contribution < 1.29 is 8.78 Å². The molecule has 0 aliphatic carbocycles. The van der Waals surface area contributed by atoms with Crippen LogP contribution >= 0.6 is 0 Å². The number of alkyl halides is 1. The first kappa shape index (κ1) is 13.5. The Balaban J connectivity index is 2.10. The third-order valence-corrected chi connectivity index (χ3v) is 2.99. The molecule has 19 heavy (non-hydrogen) atoms. The van der Waals surface area contributed by atoms with E-state index in [2.05, 4.69) is 15.5 Å². The minimum absolute atomic E-state index is 0.225. The van der Waals surface area contributed by atoms with Gasteiger partial charge in [0.25, 0.3) is 0 Å². The molecule has 0 fully saturated rings. The minimum atomic E-state index is -0.461. The number of nitrogens with zero attached hydrogens (tertiary/aromatic N) is 4. The van der Waals surface area contributed by atoms with E-state index in [1.54, 1.807) is 20.2 Å². The summed E-state index contributed by atoms with van der Waals surface area (Å²) in [7, 11) is 1.57. The molecule has 0 aliphatic heterocycles. The largest absolute Gasteiger partial charge is 0.378 e. The zero-order chi connectivity index (χ0) is 14.0. The van der Waals surface area contributed by atoms with Crippen LogP contribution < -0.4 is 5.32 Å². The van der Waals surface area contributed by atoms with Crippen LogP contribution in [-0.2, 0) is 20.1 Å². The predicted molar refractivity (Wildman–Crippen MR) is 68.2 cm³/mol. The summed E-state index contributed by atoms with van der Waals surface area (Å²) in [5, 5.41) is 11.3. The molecule has 1 N–H and O–H groups in total. The van der Waals surface area contributed by atoms with E-state index in [-0.39, 0.29) is 12.5 Å². The molecule has 0 saturated carbocycles. The van der Waals surface area contributed by atoms with Gasteiger partial charge in [-0.2, -0.15) is 14.6 Å². The molecule has 0 aromatic carbocycles. The van der Waals surface area contributed by atoms with Crippen molar-refractivity contribution in [2.24, 2.45) is 7.05 Å². The fourth-order valence-corrected chi connectivity index (χ4v) is 1.95. The number of halogens is 2. The molecule has 0 amide bonds. The monoisotopic (exact) mass is 269 g/mol. The molecule has 5 nitrogen and oxygen atoms in total. The molecule has 2 rings (SSSR count). The molecule has 0 unspecified atom stereocenters. The van der Waals surface area contributed by atoms with Gasteiger partial charge in [-0.3, -0.25) is 4.68 Å². The highest BCUT2D eigenvalue weighted by Gasteiger charge is 2.13. The maximum absolute atomic E-state index is 13.7. The average Bonchev–Trinajstić information content (AvgIpc) is 2.80. The summed E-state index contributed by atoms with van der Waals surface area (Å²) in [5.74, 6) is -0.348. The summed E-state index contributed by atoms with van der Waals surface area (Å²) in [6, 6.07) is 0. The second-order valence-electron chi connectivity index (χ2n) is 4.41. The molecule has 0 atom stereocenters. The van der Waals surface area contributed by atoms with Gasteiger partial charge in [0.05, 0.1) is 23.6 Å². The Labute approximate surface area is 110 Å². The van der Waals surface area contributed by atoms with Crippen LogP contribution in [0, 0.1) is 19.8 Å². The van der Waals surface area contributed by atoms with Crippen LogP contribution in [0.5, 0.6) is 0 Å². The number of aromatic nitrogens is 4. The van der Waals surface area contributed by atoms with Gasteiger partial charge < -0.3 is 5.32 Å². The zero-order valence-electron chi connectivity index (χ0n) is 11.2. The molecule has 104 valence electrons. The summed E-state index contributed by atoms with van der Waals surface area (Å²) < 4.78 is 28.7. The average molecular weight is 269 g/mol. The van der Waals surface area contributed by atoms with Crippen molar-refractivity contribution in [1.82, 2.24) is 19.6 Å². The number of anilines is 1. The lowest BCUT2D eigenvalue weighted by Gasteiger charge is -2.03. The Bertz CT molecular complexity index is 573. The molecule has 0 bridgehead atoms. The Morgan fingerprint density at radius 1 is 1.26 bits per heavy atom. The van der Waals surface area contributed by atoms with Crippen molar-refractivity contribution in [3.8, 4) is 0 Å². The lowest BCUT2D eigenvalue weighted by atomic mass is 10.2. The van der Waals surface area contributed by atoms with Crippen molar-refractivity contribution in [3.05, 3.63) is 29.1 Å². The first-order valence-corrected chi connectivity index (χ1v) is 6.04. The quantitative estimate of drug-likeness (QED) is 0.902. The lowest BCUT2D eigenvalue weighted by Crippen LogP contribution is -2.03. The standard InChI is InChI=1S/C12H17F2N5/c1-8-10(12(14)18(3)16-8)6-15-11-7-19(5-4-13)17-9(11)2/h7,15H,4-6H2,1-3H3. The fourth-order valence-electron chi connectivity index (χ4n) is 1.95. The Hall–Kier alpha value is -1.92. The van der Waals surface area contributed by atoms with E-state index in [1.807, 2.05) is 6.92 Å². The highest BCUT2D eigenvalue weighted by molar-refractivity contribution is 5.46. The Morgan fingerprint density at radius 3 is 2.58 bits per heavy atom. The molecule has 2 aromatic heterocycles. The number of hydrogen-bond acceptors (Lipinski definition) is 3. The smallest absolute Gasteiger partial charge is 0.216 e. The van der Waals surface area contributed by atoms with E-state index >= 15 is 0 Å². The van der Waals surface area contributed by atoms with Gasteiger partial charge in [-0.05, 0) is 13.8 Å². The summed E-state index contributed by atoms with van der Waals surface area (Å²) in [4.78, 5) is 0. The summed E-state index contributed by atoms with van der Waals surface area (Å²) in [6.07, 6.45) is 1.72. The lowest BCUT2D eigenvalue weighted by molar-refractivity contribution is 0.426. The van der Waals surface area contributed by atoms with E-state index in [0.29, 0.717) is 17.8 Å². The van der Waals surface area contributed by atoms with Crippen molar-refractivity contribution >= 4 is 5.69 Å². The van der Waals surface area contributed by atoms with Crippen LogP contribution in [0.15, 0.2) is 6.20 Å². The van der Waals surface area contributed by atoms with Gasteiger partial charge in [0.15, 0.2) is 0 Å². The molecule has 0 radical (unpaired) electrons. The van der Waals surface area contributed by atoms with Crippen molar-refractivity contribution in [3.63, 3.8) is 0 Å². The molecule has 0 saturated heterocycles. The molecular weight excluding hydrogens is 252 g/mol. The van der Waals surface area contributed by atoms with Gasteiger partial charge >= 0.3 is 0 Å². The van der Waals surface area contributed by atoms with Crippen LogP contribution in [-0.4, -0.2) is 26.2 Å². The van der Waals surface area contributed by atoms with E-state index in [1.165, 1.54) is 9.36 Å². The van der Waals surface area contributed by atoms with Gasteiger partial charge in [-0.15, -0.1) is 0 Å². The number of nitrogens with one attached hydrogen (secondary N) is 1. The van der Waals surface area contributed by atoms with Crippen LogP contribution in [0.3, 0.4) is 0 Å². The van der Waals surface area contributed by atoms with Crippen molar-refractivity contribution in [2.45, 2.75) is 26.9 Å². The highest BCUT2D eigenvalue weighted by atomic mass is 19.1. The Morgan fingerprint density at radius 2 is 2.00 bits per heavy atom. The minimum Gasteiger partial charge on any atom is -0.378 e. The first-order valence-electron chi connectivity index (χ1n) is 6.04. The van der Waals surface area contributed by atoms with Crippen LogP contribution in [0.1, 0.15) is 17.0 Å². The van der Waals surface area contributed by atoms with Crippen molar-refractivity contribution in [2.75, 3.05) is 12.0 Å². The first-order chi connectivity index (χ1) is 9.02. The predicted octanol–water partition coefficient (Wildman–Crippen LogP) is 1.95. The van der Waals surface area contributed by atoms with Gasteiger partial charge in [0.2, 0.25) is 5.95 Å². The van der Waals surface area contributed by atoms with E-state index in [0.717, 1.165) is 11.4 Å². The molecule has 0 spiro atoms. The fraction of sp³-hybridized carbons (Fsp3) is 0.500. The second-order valence-corrected chi connectivity index (χ2v) is 4.41. The molecule has 2 heterocycles. The molecule has 0 aliphatic rings. The summed E-state index contributed by atoms with van der Waals surface area (Å²) >= 11 is 0. The molecule has 2 aromatic rings. The maximum atomic E-state index is 13.7. The number of aryl methyl sites for hydroxylation is 4. The highest BCUT2D eigenvalue weighted by Crippen LogP contribution is 2.17. The van der Waals surface area contributed by atoms with E-state index in [4.69, 9.17) is 0 Å². The van der Waals surface area contributed by atoms with E-state index < -0.39 is 6.67 Å². The topological polar surface area (TPSA) is 47.7 Å². The third kappa shape index (κ3) is 2.74. The third-order valence-electron chi connectivity index (χ3n) is 2.99. The SMILES string of the molecule is Cc1nn(CCF)cc1NCc1c(C)nn(C)c1F. The molecule has 7 heteroatoms. The second kappa shape index (κ2) is 5.38. The van der Waals surface area contributed by atoms with Gasteiger partial charge in [0.1, 0.15) is 6.67 Å². The van der Waals surface area contributed by atoms with Gasteiger partial charge in [0, 0.05) is 25.4 Å². The van der Waals surface area contributed by atoms with E-state index in [9.17, 15) is 8.78 Å². The molecular formula is C12H17F2N5.